The van der Waals surface area contributed by atoms with Gasteiger partial charge in [0.2, 0.25) is 0 Å². The number of unbranched alkanes of at least 4 members (excludes halogenated alkanes) is 9. The molecule has 0 aliphatic rings. The summed E-state index contributed by atoms with van der Waals surface area (Å²) < 4.78 is 8.56. The van der Waals surface area contributed by atoms with Crippen LogP contribution in [-0.2, 0) is 13.2 Å². The first kappa shape index (κ1) is 23.4. The van der Waals surface area contributed by atoms with Gasteiger partial charge in [0.25, 0.3) is 0 Å². The van der Waals surface area contributed by atoms with Crippen molar-refractivity contribution in [3.05, 3.63) is 59.4 Å². The summed E-state index contributed by atoms with van der Waals surface area (Å²) in [6.45, 7) is 8.01. The standard InChI is InChI=1S/C28H40N2O/c1-4-5-6-7-8-9-10-11-12-15-20-30-26-17-14-13-16-25(26)29-28(30)22-31-27-21-23(2)18-19-24(27)3/h13-14,16-19,21H,4-12,15,20,22H2,1-3H3. The van der Waals surface area contributed by atoms with Gasteiger partial charge in [-0.1, -0.05) is 89.0 Å². The van der Waals surface area contributed by atoms with Crippen LogP contribution in [0.2, 0.25) is 0 Å². The Morgan fingerprint density at radius 3 is 2.23 bits per heavy atom. The van der Waals surface area contributed by atoms with Gasteiger partial charge in [-0.05, 0) is 49.6 Å². The molecule has 3 nitrogen and oxygen atoms in total. The van der Waals surface area contributed by atoms with Crippen LogP contribution in [0.15, 0.2) is 42.5 Å². The molecule has 0 N–H and O–H groups in total. The first-order chi connectivity index (χ1) is 15.2. The minimum Gasteiger partial charge on any atom is -0.485 e. The van der Waals surface area contributed by atoms with Crippen LogP contribution in [0, 0.1) is 13.8 Å². The molecule has 31 heavy (non-hydrogen) atoms. The Hall–Kier alpha value is -2.29. The fourth-order valence-electron chi connectivity index (χ4n) is 4.25. The third-order valence-electron chi connectivity index (χ3n) is 6.17. The molecule has 1 aromatic heterocycles. The Labute approximate surface area is 188 Å². The van der Waals surface area contributed by atoms with Crippen LogP contribution in [0.4, 0.5) is 0 Å². The van der Waals surface area contributed by atoms with Crippen LogP contribution >= 0.6 is 0 Å². The number of rotatable bonds is 14. The van der Waals surface area contributed by atoms with E-state index in [0.717, 1.165) is 23.6 Å². The minimum absolute atomic E-state index is 0.511. The molecule has 0 unspecified atom stereocenters. The molecule has 0 spiro atoms. The van der Waals surface area contributed by atoms with Crippen molar-refractivity contribution in [3.63, 3.8) is 0 Å². The average molecular weight is 421 g/mol. The normalized spacial score (nSPS) is 11.3. The monoisotopic (exact) mass is 420 g/mol. The number of imidazole rings is 1. The second-order valence-electron chi connectivity index (χ2n) is 8.91. The summed E-state index contributed by atoms with van der Waals surface area (Å²) in [6.07, 6.45) is 13.6. The van der Waals surface area contributed by atoms with Crippen molar-refractivity contribution in [1.29, 1.82) is 0 Å². The van der Waals surface area contributed by atoms with Crippen molar-refractivity contribution in [2.24, 2.45) is 0 Å². The van der Waals surface area contributed by atoms with Crippen molar-refractivity contribution < 1.29 is 4.74 Å². The molecule has 0 aliphatic heterocycles. The summed E-state index contributed by atoms with van der Waals surface area (Å²) in [5, 5.41) is 0. The molecule has 0 atom stereocenters. The molecule has 0 bridgehead atoms. The zero-order valence-electron chi connectivity index (χ0n) is 19.8. The second-order valence-corrected chi connectivity index (χ2v) is 8.91. The van der Waals surface area contributed by atoms with Gasteiger partial charge in [-0.25, -0.2) is 4.98 Å². The lowest BCUT2D eigenvalue weighted by Crippen LogP contribution is -2.08. The number of nitrogens with zero attached hydrogens (tertiary/aromatic N) is 2. The summed E-state index contributed by atoms with van der Waals surface area (Å²) in [5.41, 5.74) is 4.68. The van der Waals surface area contributed by atoms with Gasteiger partial charge in [-0.3, -0.25) is 0 Å². The Bertz CT molecular complexity index is 928. The predicted octanol–water partition coefficient (Wildman–Crippen LogP) is 8.15. The quantitative estimate of drug-likeness (QED) is 0.246. The van der Waals surface area contributed by atoms with Crippen molar-refractivity contribution in [2.75, 3.05) is 0 Å². The third kappa shape index (κ3) is 7.12. The second kappa shape index (κ2) is 12.5. The minimum atomic E-state index is 0.511. The highest BCUT2D eigenvalue weighted by Gasteiger charge is 2.11. The highest BCUT2D eigenvalue weighted by molar-refractivity contribution is 5.75. The fraction of sp³-hybridized carbons (Fsp3) is 0.536. The lowest BCUT2D eigenvalue weighted by molar-refractivity contribution is 0.287. The van der Waals surface area contributed by atoms with E-state index in [1.165, 1.54) is 80.9 Å². The van der Waals surface area contributed by atoms with Gasteiger partial charge in [0.15, 0.2) is 0 Å². The average Bonchev–Trinajstić information content (AvgIpc) is 3.13. The molecular formula is C28H40N2O. The SMILES string of the molecule is CCCCCCCCCCCCn1c(COc2cc(C)ccc2C)nc2ccccc21. The maximum absolute atomic E-state index is 6.19. The van der Waals surface area contributed by atoms with Crippen LogP contribution in [-0.4, -0.2) is 9.55 Å². The Morgan fingerprint density at radius 2 is 1.48 bits per heavy atom. The Kier molecular flexibility index (Phi) is 9.45. The Morgan fingerprint density at radius 1 is 0.806 bits per heavy atom. The molecule has 3 aromatic rings. The molecule has 0 aliphatic carbocycles. The number of para-hydroxylation sites is 2. The zero-order chi connectivity index (χ0) is 21.9. The van der Waals surface area contributed by atoms with E-state index >= 15 is 0 Å². The number of fused-ring (bicyclic) bond motifs is 1. The summed E-state index contributed by atoms with van der Waals surface area (Å²) in [5.74, 6) is 1.98. The smallest absolute Gasteiger partial charge is 0.147 e. The van der Waals surface area contributed by atoms with E-state index < -0.39 is 0 Å². The van der Waals surface area contributed by atoms with Gasteiger partial charge in [-0.15, -0.1) is 0 Å². The topological polar surface area (TPSA) is 27.1 Å². The maximum atomic E-state index is 6.19. The fourth-order valence-corrected chi connectivity index (χ4v) is 4.25. The van der Waals surface area contributed by atoms with Gasteiger partial charge in [0.05, 0.1) is 11.0 Å². The van der Waals surface area contributed by atoms with Crippen LogP contribution in [0.1, 0.15) is 88.1 Å². The third-order valence-corrected chi connectivity index (χ3v) is 6.17. The zero-order valence-corrected chi connectivity index (χ0v) is 19.8. The number of aromatic nitrogens is 2. The number of hydrogen-bond acceptors (Lipinski definition) is 2. The van der Waals surface area contributed by atoms with E-state index in [0.29, 0.717) is 6.61 Å². The number of hydrogen-bond donors (Lipinski definition) is 0. The van der Waals surface area contributed by atoms with E-state index in [-0.39, 0.29) is 0 Å². The summed E-state index contributed by atoms with van der Waals surface area (Å²) >= 11 is 0. The molecule has 1 heterocycles. The summed E-state index contributed by atoms with van der Waals surface area (Å²) in [4.78, 5) is 4.88. The summed E-state index contributed by atoms with van der Waals surface area (Å²) in [7, 11) is 0. The summed E-state index contributed by atoms with van der Waals surface area (Å²) in [6, 6.07) is 14.8. The van der Waals surface area contributed by atoms with Crippen LogP contribution in [0.3, 0.4) is 0 Å². The van der Waals surface area contributed by atoms with Crippen molar-refractivity contribution in [3.8, 4) is 5.75 Å². The van der Waals surface area contributed by atoms with E-state index in [1.807, 2.05) is 0 Å². The Balaban J connectivity index is 1.52. The lowest BCUT2D eigenvalue weighted by atomic mass is 10.1. The van der Waals surface area contributed by atoms with E-state index in [9.17, 15) is 0 Å². The molecular weight excluding hydrogens is 380 g/mol. The van der Waals surface area contributed by atoms with E-state index in [1.54, 1.807) is 0 Å². The van der Waals surface area contributed by atoms with Crippen molar-refractivity contribution in [1.82, 2.24) is 9.55 Å². The molecule has 2 aromatic carbocycles. The molecule has 0 radical (unpaired) electrons. The molecule has 0 amide bonds. The van der Waals surface area contributed by atoms with Crippen LogP contribution < -0.4 is 4.74 Å². The predicted molar refractivity (Wildman–Crippen MR) is 132 cm³/mol. The van der Waals surface area contributed by atoms with Crippen LogP contribution in [0.25, 0.3) is 11.0 Å². The largest absolute Gasteiger partial charge is 0.485 e. The molecule has 0 saturated carbocycles. The molecule has 0 saturated heterocycles. The van der Waals surface area contributed by atoms with Crippen molar-refractivity contribution >= 4 is 11.0 Å². The lowest BCUT2D eigenvalue weighted by Gasteiger charge is -2.12. The number of ether oxygens (including phenoxy) is 1. The van der Waals surface area contributed by atoms with Gasteiger partial charge in [-0.2, -0.15) is 0 Å². The maximum Gasteiger partial charge on any atom is 0.147 e. The van der Waals surface area contributed by atoms with Gasteiger partial charge >= 0.3 is 0 Å². The first-order valence-electron chi connectivity index (χ1n) is 12.3. The molecule has 168 valence electrons. The highest BCUT2D eigenvalue weighted by Crippen LogP contribution is 2.23. The first-order valence-corrected chi connectivity index (χ1v) is 12.3. The molecule has 3 rings (SSSR count). The molecule has 0 fully saturated rings. The number of aryl methyl sites for hydroxylation is 3. The number of benzene rings is 2. The van der Waals surface area contributed by atoms with E-state index in [4.69, 9.17) is 9.72 Å². The van der Waals surface area contributed by atoms with Gasteiger partial charge < -0.3 is 9.30 Å². The highest BCUT2D eigenvalue weighted by atomic mass is 16.5. The van der Waals surface area contributed by atoms with Crippen molar-refractivity contribution in [2.45, 2.75) is 98.1 Å². The van der Waals surface area contributed by atoms with Gasteiger partial charge in [0.1, 0.15) is 18.2 Å². The molecule has 3 heteroatoms. The van der Waals surface area contributed by atoms with E-state index in [2.05, 4.69) is 67.8 Å². The van der Waals surface area contributed by atoms with Crippen LogP contribution in [0.5, 0.6) is 5.75 Å². The van der Waals surface area contributed by atoms with Gasteiger partial charge in [0, 0.05) is 6.54 Å².